The van der Waals surface area contributed by atoms with E-state index in [4.69, 9.17) is 0 Å². The Morgan fingerprint density at radius 2 is 1.83 bits per heavy atom. The van der Waals surface area contributed by atoms with E-state index in [2.05, 4.69) is 20.9 Å². The molecular weight excluding hydrogens is 462 g/mol. The fourth-order valence-electron chi connectivity index (χ4n) is 4.44. The van der Waals surface area contributed by atoms with Gasteiger partial charge in [-0.15, -0.1) is 0 Å². The van der Waals surface area contributed by atoms with Gasteiger partial charge < -0.3 is 26.0 Å². The van der Waals surface area contributed by atoms with Gasteiger partial charge in [0, 0.05) is 23.9 Å². The number of piperidine rings is 1. The summed E-state index contributed by atoms with van der Waals surface area (Å²) in [4.78, 5) is 53.1. The molecule has 0 spiro atoms. The van der Waals surface area contributed by atoms with Gasteiger partial charge in [-0.05, 0) is 43.7 Å². The van der Waals surface area contributed by atoms with E-state index in [0.29, 0.717) is 25.5 Å². The molecule has 2 fully saturated rings. The summed E-state index contributed by atoms with van der Waals surface area (Å²) in [5, 5.41) is 17.5. The molecule has 0 radical (unpaired) electrons. The first-order chi connectivity index (χ1) is 16.7. The summed E-state index contributed by atoms with van der Waals surface area (Å²) in [5.74, 6) is -3.98. The largest absolute Gasteiger partial charge is 0.389 e. The van der Waals surface area contributed by atoms with Crippen LogP contribution in [0.4, 0.5) is 8.78 Å². The van der Waals surface area contributed by atoms with Crippen LogP contribution < -0.4 is 16.0 Å². The van der Waals surface area contributed by atoms with Crippen LogP contribution in [0.3, 0.4) is 0 Å². The Balaban J connectivity index is 1.48. The van der Waals surface area contributed by atoms with Crippen molar-refractivity contribution < 1.29 is 33.1 Å². The van der Waals surface area contributed by atoms with E-state index in [1.807, 2.05) is 0 Å². The predicted molar refractivity (Wildman–Crippen MR) is 121 cm³/mol. The summed E-state index contributed by atoms with van der Waals surface area (Å²) in [6.07, 6.45) is 3.50. The van der Waals surface area contributed by atoms with E-state index < -0.39 is 53.8 Å². The summed E-state index contributed by atoms with van der Waals surface area (Å²) in [7, 11) is 0. The van der Waals surface area contributed by atoms with Crippen LogP contribution >= 0.6 is 0 Å². The van der Waals surface area contributed by atoms with Crippen LogP contribution in [0.15, 0.2) is 18.2 Å². The lowest BCUT2D eigenvalue weighted by Gasteiger charge is -2.27. The highest BCUT2D eigenvalue weighted by molar-refractivity contribution is 6.01. The molecule has 9 nitrogen and oxygen atoms in total. The van der Waals surface area contributed by atoms with Crippen LogP contribution in [-0.4, -0.2) is 58.8 Å². The highest BCUT2D eigenvalue weighted by Crippen LogP contribution is 2.33. The van der Waals surface area contributed by atoms with Gasteiger partial charge >= 0.3 is 0 Å². The van der Waals surface area contributed by atoms with E-state index >= 15 is 0 Å². The number of Topliss-reactive ketones (excluding diaryl/α,β-unsaturated/α-hetero) is 1. The number of carbonyl (C=O) groups excluding carboxylic acids is 4. The van der Waals surface area contributed by atoms with Gasteiger partial charge in [-0.1, -0.05) is 12.8 Å². The fourth-order valence-corrected chi connectivity index (χ4v) is 4.44. The first-order valence-corrected chi connectivity index (χ1v) is 11.8. The number of carbonyl (C=O) groups is 4. The number of benzene rings is 1. The molecule has 11 heteroatoms. The third-order valence-electron chi connectivity index (χ3n) is 6.56. The van der Waals surface area contributed by atoms with Crippen LogP contribution in [0.5, 0.6) is 0 Å². The second kappa shape index (κ2) is 10.5. The van der Waals surface area contributed by atoms with Crippen LogP contribution in [-0.2, 0) is 14.4 Å². The van der Waals surface area contributed by atoms with Crippen LogP contribution in [0, 0.1) is 23.5 Å². The van der Waals surface area contributed by atoms with Gasteiger partial charge in [-0.2, -0.15) is 0 Å². The van der Waals surface area contributed by atoms with Crippen molar-refractivity contribution in [1.29, 1.82) is 0 Å². The third kappa shape index (κ3) is 6.02. The number of rotatable bonds is 10. The Bertz CT molecular complexity index is 1150. The maximum Gasteiger partial charge on any atom is 0.268 e. The minimum Gasteiger partial charge on any atom is -0.389 e. The van der Waals surface area contributed by atoms with E-state index in [0.717, 1.165) is 25.3 Å². The number of hydrogen-bond donors (Lipinski definition) is 5. The Kier molecular flexibility index (Phi) is 7.44. The molecule has 1 aromatic heterocycles. The number of hydrogen-bond acceptors (Lipinski definition) is 5. The fraction of sp³-hybridized carbons (Fsp3) is 0.500. The minimum absolute atomic E-state index is 0.0286. The smallest absolute Gasteiger partial charge is 0.268 e. The zero-order chi connectivity index (χ0) is 25.1. The first-order valence-electron chi connectivity index (χ1n) is 11.8. The molecule has 2 aromatic rings. The van der Waals surface area contributed by atoms with Crippen molar-refractivity contribution in [3.05, 3.63) is 35.5 Å². The van der Waals surface area contributed by atoms with Gasteiger partial charge in [0.15, 0.2) is 5.78 Å². The second-order valence-electron chi connectivity index (χ2n) is 9.29. The molecular formula is C24H28F2N4O5. The zero-order valence-corrected chi connectivity index (χ0v) is 19.0. The monoisotopic (exact) mass is 490 g/mol. The third-order valence-corrected chi connectivity index (χ3v) is 6.56. The second-order valence-corrected chi connectivity index (χ2v) is 9.29. The average Bonchev–Trinajstić information content (AvgIpc) is 3.54. The minimum atomic E-state index is -1.08. The molecule has 1 saturated carbocycles. The van der Waals surface area contributed by atoms with Gasteiger partial charge in [0.05, 0.1) is 11.6 Å². The number of aromatic nitrogens is 1. The lowest BCUT2D eigenvalue weighted by atomic mass is 9.90. The van der Waals surface area contributed by atoms with Gasteiger partial charge in [0.25, 0.3) is 5.91 Å². The predicted octanol–water partition coefficient (Wildman–Crippen LogP) is 1.31. The number of halogens is 2. The number of aromatic amines is 1. The summed E-state index contributed by atoms with van der Waals surface area (Å²) >= 11 is 0. The lowest BCUT2D eigenvalue weighted by molar-refractivity contribution is -0.132. The average molecular weight is 491 g/mol. The number of amides is 3. The molecule has 35 heavy (non-hydrogen) atoms. The topological polar surface area (TPSA) is 140 Å². The number of aliphatic hydroxyl groups excluding tert-OH is 1. The summed E-state index contributed by atoms with van der Waals surface area (Å²) in [5.41, 5.74) is -0.0703. The quantitative estimate of drug-likeness (QED) is 0.342. The van der Waals surface area contributed by atoms with E-state index in [1.165, 1.54) is 6.07 Å². The number of aliphatic hydroxyl groups is 1. The maximum atomic E-state index is 14.0. The Hall–Kier alpha value is -3.34. The van der Waals surface area contributed by atoms with Crippen molar-refractivity contribution in [3.63, 3.8) is 0 Å². The number of H-pyrrole nitrogens is 1. The van der Waals surface area contributed by atoms with Gasteiger partial charge in [0.1, 0.15) is 30.0 Å². The van der Waals surface area contributed by atoms with Gasteiger partial charge in [0.2, 0.25) is 11.8 Å². The van der Waals surface area contributed by atoms with Crippen LogP contribution in [0.2, 0.25) is 0 Å². The van der Waals surface area contributed by atoms with Crippen LogP contribution in [0.25, 0.3) is 10.9 Å². The lowest BCUT2D eigenvalue weighted by Crippen LogP contribution is -2.53. The standard InChI is InChI=1S/C24H28F2N4O5/c25-15-7-14-9-19(28-21(14)16(26)10-15)24(35)30-18(6-12-3-4-12)23(34)29-17(20(32)11-31)8-13-2-1-5-27-22(13)33/h7,9-10,12-13,17-18,28,31H,1-6,8,11H2,(H,27,33)(H,29,34)(H,30,35)/t13-,17?,18?/m0/s1. The molecule has 2 heterocycles. The Morgan fingerprint density at radius 1 is 1.06 bits per heavy atom. The maximum absolute atomic E-state index is 14.0. The number of fused-ring (bicyclic) bond motifs is 1. The summed E-state index contributed by atoms with van der Waals surface area (Å²) < 4.78 is 27.5. The summed E-state index contributed by atoms with van der Waals surface area (Å²) in [6, 6.07) is 1.02. The van der Waals surface area contributed by atoms with E-state index in [-0.39, 0.29) is 34.8 Å². The molecule has 1 aromatic carbocycles. The number of nitrogens with one attached hydrogen (secondary N) is 4. The SMILES string of the molecule is O=C(NC(CC1CC1)C(=O)NC(C[C@@H]1CCCNC1=O)C(=O)CO)c1cc2cc(F)cc(F)c2[nH]1. The molecule has 4 rings (SSSR count). The zero-order valence-electron chi connectivity index (χ0n) is 19.0. The molecule has 3 amide bonds. The van der Waals surface area contributed by atoms with Crippen molar-refractivity contribution in [2.75, 3.05) is 13.2 Å². The van der Waals surface area contributed by atoms with Gasteiger partial charge in [-0.3, -0.25) is 19.2 Å². The molecule has 2 unspecified atom stereocenters. The Labute approximate surface area is 200 Å². The molecule has 5 N–H and O–H groups in total. The molecule has 1 aliphatic carbocycles. The van der Waals surface area contributed by atoms with Crippen molar-refractivity contribution in [1.82, 2.24) is 20.9 Å². The molecule has 1 aliphatic heterocycles. The first kappa shape index (κ1) is 24.8. The molecule has 3 atom stereocenters. The van der Waals surface area contributed by atoms with Crippen LogP contribution in [0.1, 0.15) is 49.0 Å². The number of ketones is 1. The van der Waals surface area contributed by atoms with Gasteiger partial charge in [-0.25, -0.2) is 8.78 Å². The van der Waals surface area contributed by atoms with Crippen molar-refractivity contribution in [2.24, 2.45) is 11.8 Å². The van der Waals surface area contributed by atoms with Crippen molar-refractivity contribution in [2.45, 2.75) is 50.6 Å². The van der Waals surface area contributed by atoms with Crippen molar-refractivity contribution >= 4 is 34.4 Å². The molecule has 2 aliphatic rings. The molecule has 0 bridgehead atoms. The highest BCUT2D eigenvalue weighted by atomic mass is 19.1. The summed E-state index contributed by atoms with van der Waals surface area (Å²) in [6.45, 7) is -0.240. The van der Waals surface area contributed by atoms with E-state index in [9.17, 15) is 33.1 Å². The molecule has 1 saturated heterocycles. The Morgan fingerprint density at radius 3 is 2.51 bits per heavy atom. The normalized spacial score (nSPS) is 19.6. The highest BCUT2D eigenvalue weighted by Gasteiger charge is 2.34. The van der Waals surface area contributed by atoms with E-state index in [1.54, 1.807) is 0 Å². The van der Waals surface area contributed by atoms with Crippen molar-refractivity contribution in [3.8, 4) is 0 Å². The molecule has 188 valence electrons.